The van der Waals surface area contributed by atoms with Crippen molar-refractivity contribution < 1.29 is 0 Å². The molecule has 0 fully saturated rings. The van der Waals surface area contributed by atoms with Gasteiger partial charge in [-0.25, -0.2) is 0 Å². The molecule has 0 heteroatoms. The van der Waals surface area contributed by atoms with Crippen LogP contribution in [0.4, 0.5) is 0 Å². The lowest BCUT2D eigenvalue weighted by atomic mass is 10.0. The number of hydrogen-bond donors (Lipinski definition) is 0. The zero-order valence-corrected chi connectivity index (χ0v) is 13.7. The second-order valence-corrected chi connectivity index (χ2v) is 5.96. The summed E-state index contributed by atoms with van der Waals surface area (Å²) in [5.41, 5.74) is 4.66. The van der Waals surface area contributed by atoms with Gasteiger partial charge < -0.3 is 0 Å². The van der Waals surface area contributed by atoms with Gasteiger partial charge in [0.1, 0.15) is 0 Å². The maximum Gasteiger partial charge on any atom is -0.0321 e. The Bertz CT molecular complexity index is 287. The van der Waals surface area contributed by atoms with Gasteiger partial charge in [-0.3, -0.25) is 0 Å². The molecule has 0 nitrogen and oxygen atoms in total. The van der Waals surface area contributed by atoms with Gasteiger partial charge in [0.2, 0.25) is 0 Å². The van der Waals surface area contributed by atoms with Gasteiger partial charge in [-0.05, 0) is 79.1 Å². The van der Waals surface area contributed by atoms with Gasteiger partial charge in [-0.1, -0.05) is 35.3 Å². The Morgan fingerprint density at radius 2 is 1.42 bits per heavy atom. The first-order valence-electron chi connectivity index (χ1n) is 7.97. The van der Waals surface area contributed by atoms with Crippen molar-refractivity contribution in [2.24, 2.45) is 0 Å². The Hall–Kier alpha value is -0.780. The van der Waals surface area contributed by atoms with Crippen LogP contribution in [-0.2, 0) is 0 Å². The van der Waals surface area contributed by atoms with Crippen molar-refractivity contribution in [3.63, 3.8) is 0 Å². The molecule has 0 aliphatic carbocycles. The summed E-state index contributed by atoms with van der Waals surface area (Å²) in [4.78, 5) is 0. The van der Waals surface area contributed by atoms with E-state index in [1.807, 2.05) is 6.08 Å². The highest BCUT2D eigenvalue weighted by atomic mass is 14.0. The highest BCUT2D eigenvalue weighted by molar-refractivity contribution is 5.06. The largest absolute Gasteiger partial charge is 0.103 e. The molecule has 0 spiro atoms. The molecule has 0 bridgehead atoms. The van der Waals surface area contributed by atoms with Gasteiger partial charge in [0.05, 0.1) is 0 Å². The zero-order valence-electron chi connectivity index (χ0n) is 13.7. The van der Waals surface area contributed by atoms with Crippen molar-refractivity contribution in [2.45, 2.75) is 85.5 Å². The standard InChI is InChI=1S/C19H34/c1-6-7-8-9-11-14-18(4)15-12-10-13-16-19(5)17(2)3/h6,14H,1,7-13,15-16H2,2-5H3/b18-14+. The van der Waals surface area contributed by atoms with Crippen LogP contribution < -0.4 is 0 Å². The molecule has 0 aromatic rings. The molecule has 19 heavy (non-hydrogen) atoms. The van der Waals surface area contributed by atoms with Crippen molar-refractivity contribution in [1.29, 1.82) is 0 Å². The zero-order chi connectivity index (χ0) is 14.5. The van der Waals surface area contributed by atoms with Crippen LogP contribution in [-0.4, -0.2) is 0 Å². The summed E-state index contributed by atoms with van der Waals surface area (Å²) in [6.45, 7) is 12.7. The summed E-state index contributed by atoms with van der Waals surface area (Å²) in [5.74, 6) is 0. The molecule has 0 aliphatic heterocycles. The van der Waals surface area contributed by atoms with Crippen LogP contribution in [0.2, 0.25) is 0 Å². The van der Waals surface area contributed by atoms with Crippen molar-refractivity contribution in [2.75, 3.05) is 0 Å². The lowest BCUT2D eigenvalue weighted by molar-refractivity contribution is 0.667. The summed E-state index contributed by atoms with van der Waals surface area (Å²) < 4.78 is 0. The topological polar surface area (TPSA) is 0 Å². The number of unbranched alkanes of at least 4 members (excludes halogenated alkanes) is 5. The van der Waals surface area contributed by atoms with Crippen LogP contribution in [0.15, 0.2) is 35.5 Å². The highest BCUT2D eigenvalue weighted by Gasteiger charge is 1.95. The second kappa shape index (κ2) is 12.3. The molecule has 0 radical (unpaired) electrons. The minimum Gasteiger partial charge on any atom is -0.103 e. The minimum absolute atomic E-state index is 1.16. The van der Waals surface area contributed by atoms with E-state index in [0.29, 0.717) is 0 Å². The first-order chi connectivity index (χ1) is 9.07. The lowest BCUT2D eigenvalue weighted by Gasteiger charge is -2.05. The lowest BCUT2D eigenvalue weighted by Crippen LogP contribution is -1.84. The average Bonchev–Trinajstić information content (AvgIpc) is 2.37. The highest BCUT2D eigenvalue weighted by Crippen LogP contribution is 2.15. The van der Waals surface area contributed by atoms with Crippen molar-refractivity contribution in [1.82, 2.24) is 0 Å². The molecule has 0 N–H and O–H groups in total. The monoisotopic (exact) mass is 262 g/mol. The average molecular weight is 262 g/mol. The van der Waals surface area contributed by atoms with E-state index >= 15 is 0 Å². The molecular weight excluding hydrogens is 228 g/mol. The maximum absolute atomic E-state index is 3.76. The number of rotatable bonds is 11. The molecule has 0 aliphatic rings. The second-order valence-electron chi connectivity index (χ2n) is 5.96. The Balaban J connectivity index is 3.52. The van der Waals surface area contributed by atoms with Gasteiger partial charge in [-0.15, -0.1) is 6.58 Å². The van der Waals surface area contributed by atoms with Crippen LogP contribution in [0.5, 0.6) is 0 Å². The van der Waals surface area contributed by atoms with Gasteiger partial charge in [0.25, 0.3) is 0 Å². The Labute approximate surface area is 121 Å². The van der Waals surface area contributed by atoms with Crippen LogP contribution >= 0.6 is 0 Å². The summed E-state index contributed by atoms with van der Waals surface area (Å²) in [5, 5.41) is 0. The van der Waals surface area contributed by atoms with E-state index in [1.54, 1.807) is 11.1 Å². The summed E-state index contributed by atoms with van der Waals surface area (Å²) in [7, 11) is 0. The van der Waals surface area contributed by atoms with Crippen molar-refractivity contribution in [3.8, 4) is 0 Å². The third-order valence-electron chi connectivity index (χ3n) is 3.83. The molecule has 0 saturated heterocycles. The fourth-order valence-corrected chi connectivity index (χ4v) is 2.10. The Morgan fingerprint density at radius 1 is 0.789 bits per heavy atom. The third kappa shape index (κ3) is 12.0. The molecule has 0 aromatic heterocycles. The van der Waals surface area contributed by atoms with Gasteiger partial charge in [0.15, 0.2) is 0 Å². The first-order valence-corrected chi connectivity index (χ1v) is 7.97. The van der Waals surface area contributed by atoms with E-state index in [2.05, 4.69) is 40.3 Å². The normalized spacial score (nSPS) is 11.5. The number of hydrogen-bond acceptors (Lipinski definition) is 0. The molecule has 0 amide bonds. The Kier molecular flexibility index (Phi) is 11.8. The third-order valence-corrected chi connectivity index (χ3v) is 3.83. The Morgan fingerprint density at radius 3 is 2.05 bits per heavy atom. The van der Waals surface area contributed by atoms with E-state index in [9.17, 15) is 0 Å². The van der Waals surface area contributed by atoms with Crippen LogP contribution in [0.3, 0.4) is 0 Å². The summed E-state index contributed by atoms with van der Waals surface area (Å²) in [6.07, 6.45) is 16.1. The van der Waals surface area contributed by atoms with Crippen LogP contribution in [0.25, 0.3) is 0 Å². The van der Waals surface area contributed by atoms with E-state index in [-0.39, 0.29) is 0 Å². The van der Waals surface area contributed by atoms with Gasteiger partial charge >= 0.3 is 0 Å². The molecule has 0 unspecified atom stereocenters. The van der Waals surface area contributed by atoms with Crippen LogP contribution in [0, 0.1) is 0 Å². The molecule has 0 aromatic carbocycles. The van der Waals surface area contributed by atoms with Crippen LogP contribution in [0.1, 0.15) is 85.5 Å². The summed E-state index contributed by atoms with van der Waals surface area (Å²) >= 11 is 0. The smallest absolute Gasteiger partial charge is 0.0321 e. The van der Waals surface area contributed by atoms with E-state index in [4.69, 9.17) is 0 Å². The van der Waals surface area contributed by atoms with Gasteiger partial charge in [0, 0.05) is 0 Å². The molecule has 0 atom stereocenters. The fourth-order valence-electron chi connectivity index (χ4n) is 2.10. The predicted octanol–water partition coefficient (Wildman–Crippen LogP) is 6.99. The maximum atomic E-state index is 3.76. The van der Waals surface area contributed by atoms with Crippen molar-refractivity contribution >= 4 is 0 Å². The molecule has 0 saturated carbocycles. The first kappa shape index (κ1) is 18.2. The molecule has 110 valence electrons. The quantitative estimate of drug-likeness (QED) is 0.278. The minimum atomic E-state index is 1.16. The SMILES string of the molecule is C=CCCCC/C=C(\C)CCCCCC(C)=C(C)C. The molecular formula is C19H34. The molecule has 0 heterocycles. The van der Waals surface area contributed by atoms with Crippen molar-refractivity contribution in [3.05, 3.63) is 35.5 Å². The van der Waals surface area contributed by atoms with E-state index in [0.717, 1.165) is 6.42 Å². The van der Waals surface area contributed by atoms with E-state index in [1.165, 1.54) is 56.9 Å². The predicted molar refractivity (Wildman–Crippen MR) is 89.6 cm³/mol. The van der Waals surface area contributed by atoms with Gasteiger partial charge in [-0.2, -0.15) is 0 Å². The van der Waals surface area contributed by atoms with E-state index < -0.39 is 0 Å². The fraction of sp³-hybridized carbons (Fsp3) is 0.684. The molecule has 0 rings (SSSR count). The summed E-state index contributed by atoms with van der Waals surface area (Å²) in [6, 6.07) is 0. The number of allylic oxidation sites excluding steroid dienone is 5.